The first-order valence-electron chi connectivity index (χ1n) is 9.12. The number of para-hydroxylation sites is 2. The molecule has 0 amide bonds. The Morgan fingerprint density at radius 3 is 2.38 bits per heavy atom. The fraction of sp³-hybridized carbons (Fsp3) is 0. The zero-order chi connectivity index (χ0) is 19.6. The third-order valence-corrected chi connectivity index (χ3v) is 5.47. The molecule has 6 heteroatoms. The Morgan fingerprint density at radius 2 is 1.55 bits per heavy atom. The highest BCUT2D eigenvalue weighted by atomic mass is 32.1. The number of rotatable bonds is 4. The third kappa shape index (κ3) is 3.41. The zero-order valence-corrected chi connectivity index (χ0v) is 16.1. The molecular weight excluding hydrogens is 380 g/mol. The van der Waals surface area contributed by atoms with Crippen molar-refractivity contribution in [3.8, 4) is 22.3 Å². The Bertz CT molecular complexity index is 1290. The SMILES string of the molecule is Oc1ccccc1-c1nc(C=Cc2ccccc2)nn1-c1nc2ccccc2s1. The van der Waals surface area contributed by atoms with Crippen LogP contribution in [0, 0.1) is 0 Å². The van der Waals surface area contributed by atoms with Crippen molar-refractivity contribution in [3.05, 3.63) is 90.3 Å². The van der Waals surface area contributed by atoms with Crippen LogP contribution < -0.4 is 0 Å². The van der Waals surface area contributed by atoms with Crippen molar-refractivity contribution in [2.45, 2.75) is 0 Å². The van der Waals surface area contributed by atoms with Crippen LogP contribution in [0.3, 0.4) is 0 Å². The smallest absolute Gasteiger partial charge is 0.213 e. The summed E-state index contributed by atoms with van der Waals surface area (Å²) in [5, 5.41) is 15.7. The molecule has 1 N–H and O–H groups in total. The average molecular weight is 396 g/mol. The lowest BCUT2D eigenvalue weighted by Crippen LogP contribution is -1.99. The summed E-state index contributed by atoms with van der Waals surface area (Å²) in [6, 6.07) is 25.1. The normalized spacial score (nSPS) is 11.4. The van der Waals surface area contributed by atoms with E-state index < -0.39 is 0 Å². The molecule has 0 aliphatic carbocycles. The summed E-state index contributed by atoms with van der Waals surface area (Å²) in [5.74, 6) is 1.25. The van der Waals surface area contributed by atoms with Crippen molar-refractivity contribution >= 4 is 33.7 Å². The van der Waals surface area contributed by atoms with Gasteiger partial charge < -0.3 is 5.11 Å². The lowest BCUT2D eigenvalue weighted by atomic mass is 10.2. The zero-order valence-electron chi connectivity index (χ0n) is 15.3. The van der Waals surface area contributed by atoms with Gasteiger partial charge in [0.2, 0.25) is 5.13 Å². The standard InChI is InChI=1S/C23H16N4OS/c28-19-12-6-4-10-17(19)22-25-21(15-14-16-8-2-1-3-9-16)26-27(22)23-24-18-11-5-7-13-20(18)29-23/h1-15,28H. The topological polar surface area (TPSA) is 63.8 Å². The molecule has 0 fully saturated rings. The van der Waals surface area contributed by atoms with E-state index >= 15 is 0 Å². The van der Waals surface area contributed by atoms with Crippen LogP contribution in [-0.4, -0.2) is 24.9 Å². The molecule has 0 aliphatic rings. The van der Waals surface area contributed by atoms with Crippen LogP contribution >= 0.6 is 11.3 Å². The number of phenolic OH excluding ortho intramolecular Hbond substituents is 1. The first-order valence-corrected chi connectivity index (χ1v) is 9.94. The monoisotopic (exact) mass is 396 g/mol. The molecule has 2 heterocycles. The van der Waals surface area contributed by atoms with Gasteiger partial charge in [0.05, 0.1) is 15.8 Å². The summed E-state index contributed by atoms with van der Waals surface area (Å²) in [6.07, 6.45) is 3.83. The summed E-state index contributed by atoms with van der Waals surface area (Å²) in [4.78, 5) is 9.38. The van der Waals surface area contributed by atoms with Crippen molar-refractivity contribution < 1.29 is 5.11 Å². The van der Waals surface area contributed by atoms with Crippen LogP contribution in [0.1, 0.15) is 11.4 Å². The van der Waals surface area contributed by atoms with E-state index in [0.29, 0.717) is 22.3 Å². The van der Waals surface area contributed by atoms with Gasteiger partial charge in [-0.25, -0.2) is 9.97 Å². The lowest BCUT2D eigenvalue weighted by Gasteiger charge is -2.04. The second-order valence-corrected chi connectivity index (χ2v) is 7.44. The number of phenols is 1. The van der Waals surface area contributed by atoms with Crippen LogP contribution in [0.25, 0.3) is 38.9 Å². The molecule has 0 unspecified atom stereocenters. The molecule has 5 nitrogen and oxygen atoms in total. The number of nitrogens with zero attached hydrogens (tertiary/aromatic N) is 4. The Kier molecular flexibility index (Phi) is 4.38. The van der Waals surface area contributed by atoms with Gasteiger partial charge in [-0.2, -0.15) is 4.68 Å². The molecule has 0 saturated heterocycles. The number of aromatic nitrogens is 4. The maximum Gasteiger partial charge on any atom is 0.213 e. The molecule has 0 saturated carbocycles. The minimum Gasteiger partial charge on any atom is -0.507 e. The van der Waals surface area contributed by atoms with E-state index in [0.717, 1.165) is 15.8 Å². The summed E-state index contributed by atoms with van der Waals surface area (Å²) in [5.41, 5.74) is 2.58. The van der Waals surface area contributed by atoms with Gasteiger partial charge in [-0.1, -0.05) is 72.0 Å². The summed E-state index contributed by atoms with van der Waals surface area (Å²) in [6.45, 7) is 0. The number of fused-ring (bicyclic) bond motifs is 1. The molecule has 0 aliphatic heterocycles. The average Bonchev–Trinajstić information content (AvgIpc) is 3.37. The van der Waals surface area contributed by atoms with E-state index in [-0.39, 0.29) is 5.75 Å². The molecule has 5 aromatic rings. The first kappa shape index (κ1) is 17.3. The maximum absolute atomic E-state index is 10.4. The van der Waals surface area contributed by atoms with Gasteiger partial charge in [0.25, 0.3) is 0 Å². The number of benzene rings is 3. The van der Waals surface area contributed by atoms with Crippen LogP contribution in [-0.2, 0) is 0 Å². The van der Waals surface area contributed by atoms with Crippen LogP contribution in [0.4, 0.5) is 0 Å². The van der Waals surface area contributed by atoms with Crippen molar-refractivity contribution in [1.82, 2.24) is 19.7 Å². The molecular formula is C23H16N4OS. The largest absolute Gasteiger partial charge is 0.507 e. The quantitative estimate of drug-likeness (QED) is 0.441. The Hall–Kier alpha value is -3.77. The van der Waals surface area contributed by atoms with Crippen LogP contribution in [0.2, 0.25) is 0 Å². The number of hydrogen-bond donors (Lipinski definition) is 1. The van der Waals surface area contributed by atoms with E-state index in [1.165, 1.54) is 11.3 Å². The molecule has 0 spiro atoms. The van der Waals surface area contributed by atoms with E-state index in [9.17, 15) is 5.11 Å². The van der Waals surface area contributed by atoms with Crippen LogP contribution in [0.15, 0.2) is 78.9 Å². The second kappa shape index (κ2) is 7.33. The molecule has 29 heavy (non-hydrogen) atoms. The van der Waals surface area contributed by atoms with Gasteiger partial charge >= 0.3 is 0 Å². The highest BCUT2D eigenvalue weighted by molar-refractivity contribution is 7.20. The predicted molar refractivity (Wildman–Crippen MR) is 117 cm³/mol. The van der Waals surface area contributed by atoms with E-state index in [4.69, 9.17) is 4.98 Å². The van der Waals surface area contributed by atoms with Gasteiger partial charge in [-0.05, 0) is 35.9 Å². The molecule has 5 rings (SSSR count). The van der Waals surface area contributed by atoms with Gasteiger partial charge in [-0.3, -0.25) is 0 Å². The van der Waals surface area contributed by atoms with Crippen molar-refractivity contribution in [2.24, 2.45) is 0 Å². The lowest BCUT2D eigenvalue weighted by molar-refractivity contribution is 0.476. The Labute approximate surface area is 171 Å². The summed E-state index contributed by atoms with van der Waals surface area (Å²) in [7, 11) is 0. The minimum absolute atomic E-state index is 0.154. The Balaban J connectivity index is 1.65. The number of aromatic hydroxyl groups is 1. The molecule has 2 aromatic heterocycles. The molecule has 140 valence electrons. The molecule has 3 aromatic carbocycles. The first-order chi connectivity index (χ1) is 14.3. The maximum atomic E-state index is 10.4. The van der Waals surface area contributed by atoms with Gasteiger partial charge in [0.15, 0.2) is 11.6 Å². The third-order valence-electron chi connectivity index (χ3n) is 4.46. The highest BCUT2D eigenvalue weighted by Gasteiger charge is 2.18. The van der Waals surface area contributed by atoms with Crippen molar-refractivity contribution in [1.29, 1.82) is 0 Å². The molecule has 0 atom stereocenters. The van der Waals surface area contributed by atoms with E-state index in [1.54, 1.807) is 16.8 Å². The van der Waals surface area contributed by atoms with Gasteiger partial charge in [0, 0.05) is 0 Å². The van der Waals surface area contributed by atoms with E-state index in [1.807, 2.05) is 78.9 Å². The minimum atomic E-state index is 0.154. The number of hydrogen-bond acceptors (Lipinski definition) is 5. The second-order valence-electron chi connectivity index (χ2n) is 6.43. The molecule has 0 radical (unpaired) electrons. The highest BCUT2D eigenvalue weighted by Crippen LogP contribution is 2.32. The van der Waals surface area contributed by atoms with Gasteiger partial charge in [0.1, 0.15) is 5.75 Å². The van der Waals surface area contributed by atoms with Crippen molar-refractivity contribution in [2.75, 3.05) is 0 Å². The fourth-order valence-corrected chi connectivity index (χ4v) is 3.97. The summed E-state index contributed by atoms with van der Waals surface area (Å²) >= 11 is 1.54. The fourth-order valence-electron chi connectivity index (χ4n) is 3.05. The Morgan fingerprint density at radius 1 is 0.793 bits per heavy atom. The summed E-state index contributed by atoms with van der Waals surface area (Å²) < 4.78 is 2.77. The van der Waals surface area contributed by atoms with Gasteiger partial charge in [-0.15, -0.1) is 5.10 Å². The predicted octanol–water partition coefficient (Wildman–Crippen LogP) is 5.42. The number of thiazole rings is 1. The molecule has 0 bridgehead atoms. The van der Waals surface area contributed by atoms with Crippen molar-refractivity contribution in [3.63, 3.8) is 0 Å². The van der Waals surface area contributed by atoms with Crippen LogP contribution in [0.5, 0.6) is 5.75 Å². The van der Waals surface area contributed by atoms with E-state index in [2.05, 4.69) is 10.1 Å².